The van der Waals surface area contributed by atoms with Crippen molar-refractivity contribution in [2.45, 2.75) is 70.3 Å². The van der Waals surface area contributed by atoms with Crippen LogP contribution in [0.25, 0.3) is 0 Å². The van der Waals surface area contributed by atoms with Gasteiger partial charge in [0.15, 0.2) is 0 Å². The number of aromatic nitrogens is 1. The lowest BCUT2D eigenvalue weighted by molar-refractivity contribution is -0.138. The summed E-state index contributed by atoms with van der Waals surface area (Å²) in [5.41, 5.74) is 2.47. The molecule has 4 nitrogen and oxygen atoms in total. The van der Waals surface area contributed by atoms with Crippen molar-refractivity contribution in [3.63, 3.8) is 0 Å². The number of pyridine rings is 1. The molecule has 2 saturated heterocycles. The van der Waals surface area contributed by atoms with Gasteiger partial charge < -0.3 is 10.2 Å². The number of rotatable bonds is 8. The molecular weight excluding hydrogens is 430 g/mol. The van der Waals surface area contributed by atoms with Gasteiger partial charge >= 0.3 is 0 Å². The van der Waals surface area contributed by atoms with Gasteiger partial charge in [0.1, 0.15) is 5.15 Å². The van der Waals surface area contributed by atoms with Crippen molar-refractivity contribution in [1.29, 1.82) is 0 Å². The molecule has 2 unspecified atom stereocenters. The Morgan fingerprint density at radius 2 is 1.97 bits per heavy atom. The van der Waals surface area contributed by atoms with Crippen molar-refractivity contribution in [1.82, 2.24) is 15.2 Å². The highest BCUT2D eigenvalue weighted by Crippen LogP contribution is 2.35. The van der Waals surface area contributed by atoms with Crippen LogP contribution in [0, 0.1) is 11.8 Å². The minimum atomic E-state index is 0.102. The number of halogens is 1. The first kappa shape index (κ1) is 24.2. The third-order valence-corrected chi connectivity index (χ3v) is 7.77. The third kappa shape index (κ3) is 6.36. The second kappa shape index (κ2) is 12.0. The smallest absolute Gasteiger partial charge is 0.227 e. The second-order valence-corrected chi connectivity index (χ2v) is 10.2. The van der Waals surface area contributed by atoms with Gasteiger partial charge in [0, 0.05) is 24.8 Å². The first-order valence-corrected chi connectivity index (χ1v) is 13.2. The number of likely N-dealkylation sites (tertiary alicyclic amines) is 1. The Bertz CT molecular complexity index is 890. The van der Waals surface area contributed by atoms with E-state index in [9.17, 15) is 4.79 Å². The molecule has 5 heteroatoms. The molecule has 33 heavy (non-hydrogen) atoms. The molecule has 2 aromatic rings. The Kier molecular flexibility index (Phi) is 8.80. The Labute approximate surface area is 204 Å². The van der Waals surface area contributed by atoms with E-state index in [-0.39, 0.29) is 5.92 Å². The number of nitrogens with one attached hydrogen (secondary N) is 1. The van der Waals surface area contributed by atoms with Crippen LogP contribution in [0.4, 0.5) is 0 Å². The highest BCUT2D eigenvalue weighted by molar-refractivity contribution is 6.29. The molecule has 3 heterocycles. The Morgan fingerprint density at radius 1 is 1.12 bits per heavy atom. The molecule has 1 amide bonds. The summed E-state index contributed by atoms with van der Waals surface area (Å²) >= 11 is 6.03. The van der Waals surface area contributed by atoms with Crippen molar-refractivity contribution in [2.24, 2.45) is 11.8 Å². The first-order valence-electron chi connectivity index (χ1n) is 12.8. The molecule has 1 aromatic carbocycles. The SMILES string of the molecule is CCCC1CC(c2ccccc2)CCCN1C(=O)[C@@H]1CNC[C@@H]1CCCc1cccc(Cl)n1. The van der Waals surface area contributed by atoms with Gasteiger partial charge in [-0.2, -0.15) is 0 Å². The zero-order valence-corrected chi connectivity index (χ0v) is 20.6. The fourth-order valence-corrected chi connectivity index (χ4v) is 6.04. The van der Waals surface area contributed by atoms with E-state index < -0.39 is 0 Å². The summed E-state index contributed by atoms with van der Waals surface area (Å²) < 4.78 is 0. The van der Waals surface area contributed by atoms with Crippen molar-refractivity contribution < 1.29 is 4.79 Å². The highest BCUT2D eigenvalue weighted by Gasteiger charge is 2.38. The largest absolute Gasteiger partial charge is 0.339 e. The van der Waals surface area contributed by atoms with Crippen LogP contribution >= 0.6 is 11.6 Å². The fourth-order valence-electron chi connectivity index (χ4n) is 5.86. The normalized spacial score (nSPS) is 25.7. The molecule has 1 N–H and O–H groups in total. The van der Waals surface area contributed by atoms with Gasteiger partial charge in [0.05, 0.1) is 5.92 Å². The lowest BCUT2D eigenvalue weighted by atomic mass is 9.87. The maximum absolute atomic E-state index is 13.8. The Morgan fingerprint density at radius 3 is 2.76 bits per heavy atom. The fraction of sp³-hybridized carbons (Fsp3) is 0.571. The van der Waals surface area contributed by atoms with Gasteiger partial charge in [0.2, 0.25) is 5.91 Å². The molecule has 178 valence electrons. The summed E-state index contributed by atoms with van der Waals surface area (Å²) in [6, 6.07) is 17.1. The van der Waals surface area contributed by atoms with E-state index >= 15 is 0 Å². The molecule has 0 aliphatic carbocycles. The number of carbonyl (C=O) groups excluding carboxylic acids is 1. The van der Waals surface area contributed by atoms with Gasteiger partial charge in [-0.15, -0.1) is 0 Å². The molecule has 0 bridgehead atoms. The number of hydrogen-bond acceptors (Lipinski definition) is 3. The van der Waals surface area contributed by atoms with Crippen molar-refractivity contribution in [3.8, 4) is 0 Å². The molecule has 2 aliphatic heterocycles. The minimum absolute atomic E-state index is 0.102. The quantitative estimate of drug-likeness (QED) is 0.494. The zero-order chi connectivity index (χ0) is 23.0. The van der Waals surface area contributed by atoms with Crippen LogP contribution in [0.15, 0.2) is 48.5 Å². The number of amides is 1. The molecule has 2 aliphatic rings. The predicted octanol–water partition coefficient (Wildman–Crippen LogP) is 5.86. The van der Waals surface area contributed by atoms with Gasteiger partial charge in [-0.05, 0) is 81.0 Å². The first-order chi connectivity index (χ1) is 16.2. The third-order valence-electron chi connectivity index (χ3n) is 7.56. The van der Waals surface area contributed by atoms with Gasteiger partial charge in [-0.1, -0.05) is 61.3 Å². The van der Waals surface area contributed by atoms with Crippen molar-refractivity contribution >= 4 is 17.5 Å². The monoisotopic (exact) mass is 467 g/mol. The van der Waals surface area contributed by atoms with Crippen LogP contribution < -0.4 is 5.32 Å². The Balaban J connectivity index is 1.39. The number of hydrogen-bond donors (Lipinski definition) is 1. The van der Waals surface area contributed by atoms with Crippen LogP contribution in [-0.2, 0) is 11.2 Å². The summed E-state index contributed by atoms with van der Waals surface area (Å²) in [6.45, 7) is 4.91. The van der Waals surface area contributed by atoms with E-state index in [2.05, 4.69) is 52.5 Å². The highest BCUT2D eigenvalue weighted by atomic mass is 35.5. The maximum Gasteiger partial charge on any atom is 0.227 e. The average molecular weight is 468 g/mol. The summed E-state index contributed by atoms with van der Waals surface area (Å²) in [5, 5.41) is 4.07. The van der Waals surface area contributed by atoms with E-state index in [0.29, 0.717) is 28.9 Å². The van der Waals surface area contributed by atoms with Gasteiger partial charge in [-0.25, -0.2) is 4.98 Å². The zero-order valence-electron chi connectivity index (χ0n) is 19.9. The van der Waals surface area contributed by atoms with Crippen LogP contribution in [0.5, 0.6) is 0 Å². The van der Waals surface area contributed by atoms with Crippen LogP contribution in [0.2, 0.25) is 5.15 Å². The lowest BCUT2D eigenvalue weighted by Gasteiger charge is -2.34. The molecule has 0 saturated carbocycles. The van der Waals surface area contributed by atoms with E-state index in [4.69, 9.17) is 11.6 Å². The molecular formula is C28H38ClN3O. The van der Waals surface area contributed by atoms with E-state index in [0.717, 1.165) is 70.3 Å². The van der Waals surface area contributed by atoms with Crippen LogP contribution in [-0.4, -0.2) is 41.5 Å². The van der Waals surface area contributed by atoms with Crippen molar-refractivity contribution in [2.75, 3.05) is 19.6 Å². The van der Waals surface area contributed by atoms with E-state index in [1.165, 1.54) is 12.0 Å². The summed E-state index contributed by atoms with van der Waals surface area (Å²) in [5.74, 6) is 1.46. The molecule has 4 atom stereocenters. The van der Waals surface area contributed by atoms with Gasteiger partial charge in [0.25, 0.3) is 0 Å². The number of carbonyl (C=O) groups is 1. The average Bonchev–Trinajstić information content (AvgIpc) is 3.19. The molecule has 2 fully saturated rings. The lowest BCUT2D eigenvalue weighted by Crippen LogP contribution is -2.45. The van der Waals surface area contributed by atoms with Gasteiger partial charge in [-0.3, -0.25) is 4.79 Å². The summed E-state index contributed by atoms with van der Waals surface area (Å²) in [7, 11) is 0. The Hall–Kier alpha value is -1.91. The number of aryl methyl sites for hydroxylation is 1. The summed E-state index contributed by atoms with van der Waals surface area (Å²) in [6.07, 6.45) is 8.58. The van der Waals surface area contributed by atoms with E-state index in [1.54, 1.807) is 0 Å². The number of benzene rings is 1. The second-order valence-electron chi connectivity index (χ2n) is 9.83. The number of nitrogens with zero attached hydrogens (tertiary/aromatic N) is 2. The molecule has 1 aromatic heterocycles. The topological polar surface area (TPSA) is 45.2 Å². The van der Waals surface area contributed by atoms with Crippen molar-refractivity contribution in [3.05, 3.63) is 64.9 Å². The molecule has 4 rings (SSSR count). The summed E-state index contributed by atoms with van der Waals surface area (Å²) in [4.78, 5) is 20.5. The standard InChI is InChI=1S/C28H38ClN3O/c1-2-9-25-18-22(21-10-4-3-5-11-21)13-8-17-32(25)28(33)26-20-30-19-23(26)12-6-14-24-15-7-16-27(29)31-24/h3-5,7,10-11,15-16,22-23,25-26,30H,2,6,8-9,12-14,17-20H2,1H3/t22?,23-,25?,26+/m0/s1. The molecule has 0 spiro atoms. The maximum atomic E-state index is 13.8. The van der Waals surface area contributed by atoms with Crippen LogP contribution in [0.3, 0.4) is 0 Å². The van der Waals surface area contributed by atoms with E-state index in [1.807, 2.05) is 18.2 Å². The predicted molar refractivity (Wildman–Crippen MR) is 135 cm³/mol. The molecule has 0 radical (unpaired) electrons. The van der Waals surface area contributed by atoms with Crippen LogP contribution in [0.1, 0.15) is 69.0 Å². The minimum Gasteiger partial charge on any atom is -0.339 e.